The van der Waals surface area contributed by atoms with Gasteiger partial charge in [0.1, 0.15) is 11.6 Å². The van der Waals surface area contributed by atoms with E-state index >= 15 is 0 Å². The van der Waals surface area contributed by atoms with Crippen LogP contribution in [0.15, 0.2) is 0 Å². The molecule has 0 aromatic carbocycles. The van der Waals surface area contributed by atoms with E-state index in [-0.39, 0.29) is 16.7 Å². The number of amides is 2. The molecule has 2 aliphatic heterocycles. The maximum atomic E-state index is 12.6. The normalized spacial score (nSPS) is 34.4. The average Bonchev–Trinajstić information content (AvgIpc) is 2.97. The molecule has 2 saturated heterocycles. The highest BCUT2D eigenvalue weighted by atomic mass is 32.2. The smallest absolute Gasteiger partial charge is 0.244 e. The number of nitriles is 1. The van der Waals surface area contributed by atoms with Gasteiger partial charge in [-0.15, -0.1) is 11.8 Å². The van der Waals surface area contributed by atoms with Gasteiger partial charge in [-0.05, 0) is 26.2 Å². The van der Waals surface area contributed by atoms with E-state index in [2.05, 4.69) is 11.4 Å². The molecule has 2 amide bonds. The van der Waals surface area contributed by atoms with Crippen LogP contribution in [0, 0.1) is 11.3 Å². The summed E-state index contributed by atoms with van der Waals surface area (Å²) < 4.78 is 0. The molecule has 0 aromatic heterocycles. The number of rotatable bonds is 2. The second-order valence-corrected chi connectivity index (χ2v) is 8.01. The largest absolute Gasteiger partial charge is 0.336 e. The third-order valence-corrected chi connectivity index (χ3v) is 6.54. The molecule has 1 aliphatic carbocycles. The molecular formula is C15H21N3O2S. The highest BCUT2D eigenvalue weighted by Gasteiger charge is 2.53. The minimum Gasteiger partial charge on any atom is -0.336 e. The number of thioether (sulfide) groups is 1. The molecule has 0 spiro atoms. The average molecular weight is 307 g/mol. The molecule has 0 unspecified atom stereocenters. The summed E-state index contributed by atoms with van der Waals surface area (Å²) in [6.07, 6.45) is 5.86. The molecule has 6 heteroatoms. The van der Waals surface area contributed by atoms with Gasteiger partial charge in [0, 0.05) is 12.2 Å². The Morgan fingerprint density at radius 1 is 1.38 bits per heavy atom. The van der Waals surface area contributed by atoms with E-state index < -0.39 is 11.6 Å². The first kappa shape index (κ1) is 14.7. The Labute approximate surface area is 129 Å². The lowest BCUT2D eigenvalue weighted by Gasteiger charge is -2.35. The van der Waals surface area contributed by atoms with Crippen LogP contribution in [0.1, 0.15) is 51.9 Å². The van der Waals surface area contributed by atoms with Gasteiger partial charge in [0.15, 0.2) is 0 Å². The molecule has 3 fully saturated rings. The van der Waals surface area contributed by atoms with Crippen molar-refractivity contribution in [3.63, 3.8) is 0 Å². The zero-order chi connectivity index (χ0) is 15.1. The van der Waals surface area contributed by atoms with Gasteiger partial charge in [-0.1, -0.05) is 19.3 Å². The van der Waals surface area contributed by atoms with Crippen molar-refractivity contribution in [1.29, 1.82) is 5.26 Å². The molecule has 114 valence electrons. The Hall–Kier alpha value is -1.22. The van der Waals surface area contributed by atoms with Crippen molar-refractivity contribution in [2.75, 3.05) is 5.75 Å². The van der Waals surface area contributed by atoms with E-state index in [4.69, 9.17) is 0 Å². The summed E-state index contributed by atoms with van der Waals surface area (Å²) in [5, 5.41) is 12.4. The fraction of sp³-hybridized carbons (Fsp3) is 0.800. The Balaban J connectivity index is 1.74. The molecule has 2 atom stereocenters. The maximum Gasteiger partial charge on any atom is 0.244 e. The first-order chi connectivity index (χ1) is 10.00. The molecule has 21 heavy (non-hydrogen) atoms. The Morgan fingerprint density at radius 2 is 2.10 bits per heavy atom. The van der Waals surface area contributed by atoms with Crippen LogP contribution in [-0.4, -0.2) is 38.9 Å². The topological polar surface area (TPSA) is 73.2 Å². The van der Waals surface area contributed by atoms with Crippen molar-refractivity contribution in [2.24, 2.45) is 0 Å². The minimum atomic E-state index is -0.720. The molecule has 1 N–H and O–H groups in total. The van der Waals surface area contributed by atoms with Crippen LogP contribution in [0.4, 0.5) is 0 Å². The SMILES string of the molecule is C[C@]12CCC(=O)N1[C@@H](C(=O)NC1(C#N)CCCCC1)CS2. The fourth-order valence-electron chi connectivity index (χ4n) is 3.75. The van der Waals surface area contributed by atoms with Crippen LogP contribution in [0.25, 0.3) is 0 Å². The predicted molar refractivity (Wildman–Crippen MR) is 80.3 cm³/mol. The monoisotopic (exact) mass is 307 g/mol. The highest BCUT2D eigenvalue weighted by molar-refractivity contribution is 8.01. The number of hydrogen-bond acceptors (Lipinski definition) is 4. The Kier molecular flexibility index (Phi) is 3.64. The second kappa shape index (κ2) is 5.20. The van der Waals surface area contributed by atoms with Crippen molar-refractivity contribution >= 4 is 23.6 Å². The van der Waals surface area contributed by atoms with Gasteiger partial charge < -0.3 is 10.2 Å². The quantitative estimate of drug-likeness (QED) is 0.844. The van der Waals surface area contributed by atoms with Crippen molar-refractivity contribution in [3.8, 4) is 6.07 Å². The van der Waals surface area contributed by atoms with Crippen LogP contribution in [0.3, 0.4) is 0 Å². The van der Waals surface area contributed by atoms with E-state index in [1.54, 1.807) is 16.7 Å². The third kappa shape index (κ3) is 2.42. The summed E-state index contributed by atoms with van der Waals surface area (Å²) in [6.45, 7) is 2.04. The molecule has 5 nitrogen and oxygen atoms in total. The van der Waals surface area contributed by atoms with Gasteiger partial charge in [-0.2, -0.15) is 5.26 Å². The summed E-state index contributed by atoms with van der Waals surface area (Å²) in [5.74, 6) is 0.553. The fourth-order valence-corrected chi connectivity index (χ4v) is 5.19. The zero-order valence-electron chi connectivity index (χ0n) is 12.4. The van der Waals surface area contributed by atoms with E-state index in [0.717, 1.165) is 38.5 Å². The van der Waals surface area contributed by atoms with Gasteiger partial charge in [0.2, 0.25) is 11.8 Å². The number of hydrogen-bond donors (Lipinski definition) is 1. The summed E-state index contributed by atoms with van der Waals surface area (Å²) >= 11 is 1.69. The highest BCUT2D eigenvalue weighted by Crippen LogP contribution is 2.47. The second-order valence-electron chi connectivity index (χ2n) is 6.51. The minimum absolute atomic E-state index is 0.0669. The van der Waals surface area contributed by atoms with Crippen molar-refractivity contribution in [3.05, 3.63) is 0 Å². The first-order valence-electron chi connectivity index (χ1n) is 7.69. The predicted octanol–water partition coefficient (Wildman–Crippen LogP) is 1.78. The molecule has 0 aromatic rings. The van der Waals surface area contributed by atoms with E-state index in [9.17, 15) is 14.9 Å². The van der Waals surface area contributed by atoms with Crippen molar-refractivity contribution < 1.29 is 9.59 Å². The molecule has 1 saturated carbocycles. The summed E-state index contributed by atoms with van der Waals surface area (Å²) in [4.78, 5) is 26.2. The summed E-state index contributed by atoms with van der Waals surface area (Å²) in [6, 6.07) is 1.90. The van der Waals surface area contributed by atoms with Gasteiger partial charge in [-0.3, -0.25) is 9.59 Å². The van der Waals surface area contributed by atoms with Crippen molar-refractivity contribution in [2.45, 2.75) is 68.3 Å². The van der Waals surface area contributed by atoms with E-state index in [1.165, 1.54) is 0 Å². The number of nitrogens with zero attached hydrogens (tertiary/aromatic N) is 2. The maximum absolute atomic E-state index is 12.6. The zero-order valence-corrected chi connectivity index (χ0v) is 13.2. The lowest BCUT2D eigenvalue weighted by Crippen LogP contribution is -2.56. The van der Waals surface area contributed by atoms with E-state index in [0.29, 0.717) is 12.2 Å². The van der Waals surface area contributed by atoms with Crippen LogP contribution < -0.4 is 5.32 Å². The molecule has 0 bridgehead atoms. The van der Waals surface area contributed by atoms with Crippen LogP contribution in [-0.2, 0) is 9.59 Å². The Morgan fingerprint density at radius 3 is 2.76 bits per heavy atom. The lowest BCUT2D eigenvalue weighted by molar-refractivity contribution is -0.138. The third-order valence-electron chi connectivity index (χ3n) is 5.03. The van der Waals surface area contributed by atoms with Gasteiger partial charge in [0.05, 0.1) is 10.9 Å². The van der Waals surface area contributed by atoms with Crippen LogP contribution >= 0.6 is 11.8 Å². The van der Waals surface area contributed by atoms with Gasteiger partial charge in [-0.25, -0.2) is 0 Å². The van der Waals surface area contributed by atoms with Crippen molar-refractivity contribution in [1.82, 2.24) is 10.2 Å². The molecule has 3 aliphatic rings. The number of carbonyl (C=O) groups excluding carboxylic acids is 2. The lowest BCUT2D eigenvalue weighted by atomic mass is 9.82. The van der Waals surface area contributed by atoms with Gasteiger partial charge in [0.25, 0.3) is 0 Å². The van der Waals surface area contributed by atoms with Crippen LogP contribution in [0.5, 0.6) is 0 Å². The molecular weight excluding hydrogens is 286 g/mol. The number of carbonyl (C=O) groups is 2. The Bertz CT molecular complexity index is 510. The first-order valence-corrected chi connectivity index (χ1v) is 8.68. The molecule has 0 radical (unpaired) electrons. The van der Waals surface area contributed by atoms with Gasteiger partial charge >= 0.3 is 0 Å². The number of nitrogens with one attached hydrogen (secondary N) is 1. The molecule has 3 rings (SSSR count). The standard InChI is InChI=1S/C15H21N3O2S/c1-14-8-5-12(19)18(14)11(9-21-14)13(20)17-15(10-16)6-3-2-4-7-15/h11H,2-9H2,1H3,(H,17,20)/t11-,14+/m1/s1. The van der Waals surface area contributed by atoms with Crippen LogP contribution in [0.2, 0.25) is 0 Å². The van der Waals surface area contributed by atoms with E-state index in [1.807, 2.05) is 6.92 Å². The molecule has 2 heterocycles. The summed E-state index contributed by atoms with van der Waals surface area (Å²) in [7, 11) is 0. The number of fused-ring (bicyclic) bond motifs is 1. The summed E-state index contributed by atoms with van der Waals surface area (Å²) in [5.41, 5.74) is -0.720.